The van der Waals surface area contributed by atoms with Crippen molar-refractivity contribution in [2.45, 2.75) is 6.36 Å². The molecule has 2 aromatic rings. The van der Waals surface area contributed by atoms with Crippen LogP contribution in [0.5, 0.6) is 5.75 Å². The molecule has 0 saturated heterocycles. The zero-order valence-electron chi connectivity index (χ0n) is 9.48. The number of hydrogen-bond donors (Lipinski definition) is 2. The fraction of sp³-hybridized carbons (Fsp3) is 0.0909. The summed E-state index contributed by atoms with van der Waals surface area (Å²) in [6, 6.07) is 6.83. The molecule has 0 saturated carbocycles. The van der Waals surface area contributed by atoms with Crippen molar-refractivity contribution in [2.75, 3.05) is 11.1 Å². The van der Waals surface area contributed by atoms with Gasteiger partial charge in [0.2, 0.25) is 5.95 Å². The summed E-state index contributed by atoms with van der Waals surface area (Å²) in [5.74, 6) is 0.249. The van der Waals surface area contributed by atoms with E-state index in [4.69, 9.17) is 5.73 Å². The van der Waals surface area contributed by atoms with Crippen molar-refractivity contribution in [1.82, 2.24) is 9.97 Å². The van der Waals surface area contributed by atoms with Crippen molar-refractivity contribution in [2.24, 2.45) is 0 Å². The van der Waals surface area contributed by atoms with Crippen molar-refractivity contribution >= 4 is 17.5 Å². The summed E-state index contributed by atoms with van der Waals surface area (Å²) >= 11 is 0. The number of nitrogen functional groups attached to an aromatic ring is 1. The van der Waals surface area contributed by atoms with Gasteiger partial charge in [-0.25, -0.2) is 4.98 Å². The molecule has 3 N–H and O–H groups in total. The van der Waals surface area contributed by atoms with E-state index >= 15 is 0 Å². The van der Waals surface area contributed by atoms with Gasteiger partial charge < -0.3 is 15.8 Å². The lowest BCUT2D eigenvalue weighted by atomic mass is 10.3. The molecule has 0 aliphatic carbocycles. The van der Waals surface area contributed by atoms with Crippen molar-refractivity contribution in [3.05, 3.63) is 36.5 Å². The van der Waals surface area contributed by atoms with Gasteiger partial charge in [0, 0.05) is 11.9 Å². The molecule has 19 heavy (non-hydrogen) atoms. The van der Waals surface area contributed by atoms with Gasteiger partial charge in [-0.1, -0.05) is 0 Å². The Morgan fingerprint density at radius 3 is 2.37 bits per heavy atom. The van der Waals surface area contributed by atoms with E-state index in [-0.39, 0.29) is 11.7 Å². The molecule has 1 heterocycles. The molecule has 0 radical (unpaired) electrons. The number of hydrogen-bond acceptors (Lipinski definition) is 5. The van der Waals surface area contributed by atoms with E-state index in [2.05, 4.69) is 20.0 Å². The molecule has 0 aliphatic heterocycles. The second-order valence-corrected chi connectivity index (χ2v) is 3.50. The minimum absolute atomic E-state index is 0.0991. The van der Waals surface area contributed by atoms with Crippen LogP contribution in [0.4, 0.5) is 30.6 Å². The summed E-state index contributed by atoms with van der Waals surface area (Å²) in [7, 11) is 0. The molecule has 8 heteroatoms. The number of nitrogens with zero attached hydrogens (tertiary/aromatic N) is 2. The zero-order chi connectivity index (χ0) is 13.9. The Morgan fingerprint density at radius 2 is 1.79 bits per heavy atom. The highest BCUT2D eigenvalue weighted by Gasteiger charge is 2.30. The first-order valence-electron chi connectivity index (χ1n) is 5.14. The summed E-state index contributed by atoms with van der Waals surface area (Å²) in [6.07, 6.45) is -3.23. The quantitative estimate of drug-likeness (QED) is 0.897. The van der Waals surface area contributed by atoms with Crippen LogP contribution in [0.15, 0.2) is 36.5 Å². The first-order valence-corrected chi connectivity index (χ1v) is 5.14. The molecule has 5 nitrogen and oxygen atoms in total. The van der Waals surface area contributed by atoms with Crippen molar-refractivity contribution in [1.29, 1.82) is 0 Å². The third-order valence-corrected chi connectivity index (χ3v) is 2.03. The molecule has 0 aliphatic rings. The molecular weight excluding hydrogens is 261 g/mol. The van der Waals surface area contributed by atoms with Crippen molar-refractivity contribution in [3.8, 4) is 5.75 Å². The Hall–Kier alpha value is -2.51. The van der Waals surface area contributed by atoms with E-state index in [9.17, 15) is 13.2 Å². The number of nitrogens with two attached hydrogens (primary N) is 1. The van der Waals surface area contributed by atoms with Gasteiger partial charge in [0.05, 0.1) is 0 Å². The number of aromatic nitrogens is 2. The van der Waals surface area contributed by atoms with Crippen LogP contribution in [-0.2, 0) is 0 Å². The average Bonchev–Trinajstić information content (AvgIpc) is 2.30. The highest BCUT2D eigenvalue weighted by atomic mass is 19.4. The predicted octanol–water partition coefficient (Wildman–Crippen LogP) is 2.70. The molecule has 2 rings (SSSR count). The summed E-state index contributed by atoms with van der Waals surface area (Å²) < 4.78 is 39.6. The fourth-order valence-corrected chi connectivity index (χ4v) is 1.33. The minimum atomic E-state index is -4.70. The smallest absolute Gasteiger partial charge is 0.406 e. The molecule has 0 bridgehead atoms. The molecule has 0 spiro atoms. The molecule has 0 unspecified atom stereocenters. The van der Waals surface area contributed by atoms with Gasteiger partial charge in [0.15, 0.2) is 0 Å². The van der Waals surface area contributed by atoms with Crippen LogP contribution >= 0.6 is 0 Å². The van der Waals surface area contributed by atoms with E-state index in [0.717, 1.165) is 0 Å². The van der Waals surface area contributed by atoms with E-state index in [1.165, 1.54) is 30.5 Å². The summed E-state index contributed by atoms with van der Waals surface area (Å²) in [5, 5.41) is 2.87. The number of anilines is 3. The second kappa shape index (κ2) is 5.01. The Labute approximate surface area is 106 Å². The van der Waals surface area contributed by atoms with Gasteiger partial charge in [-0.3, -0.25) is 0 Å². The van der Waals surface area contributed by atoms with Crippen molar-refractivity contribution < 1.29 is 17.9 Å². The highest BCUT2D eigenvalue weighted by Crippen LogP contribution is 2.24. The van der Waals surface area contributed by atoms with Crippen LogP contribution < -0.4 is 15.8 Å². The van der Waals surface area contributed by atoms with Gasteiger partial charge in [0.1, 0.15) is 11.6 Å². The molecule has 0 atom stereocenters. The number of alkyl halides is 3. The normalized spacial score (nSPS) is 11.1. The average molecular weight is 270 g/mol. The zero-order valence-corrected chi connectivity index (χ0v) is 9.48. The number of rotatable bonds is 3. The monoisotopic (exact) mass is 270 g/mol. The highest BCUT2D eigenvalue weighted by molar-refractivity contribution is 5.57. The Kier molecular flexibility index (Phi) is 3.41. The van der Waals surface area contributed by atoms with E-state index in [0.29, 0.717) is 11.5 Å². The first-order chi connectivity index (χ1) is 8.92. The van der Waals surface area contributed by atoms with Crippen LogP contribution in [0.25, 0.3) is 0 Å². The maximum Gasteiger partial charge on any atom is 0.573 e. The largest absolute Gasteiger partial charge is 0.573 e. The minimum Gasteiger partial charge on any atom is -0.406 e. The summed E-state index contributed by atoms with van der Waals surface area (Å²) in [4.78, 5) is 7.61. The lowest BCUT2D eigenvalue weighted by Gasteiger charge is -2.10. The van der Waals surface area contributed by atoms with Crippen LogP contribution in [0.1, 0.15) is 0 Å². The summed E-state index contributed by atoms with van der Waals surface area (Å²) in [6.45, 7) is 0. The number of ether oxygens (including phenoxy) is 1. The standard InChI is InChI=1S/C11H9F3N4O/c12-11(13,14)19-8-3-1-7(2-4-8)17-9-5-6-16-10(15)18-9/h1-6H,(H3,15,16,17,18). The SMILES string of the molecule is Nc1nccc(Nc2ccc(OC(F)(F)F)cc2)n1. The van der Waals surface area contributed by atoms with Gasteiger partial charge in [-0.15, -0.1) is 13.2 Å². The second-order valence-electron chi connectivity index (χ2n) is 3.50. The van der Waals surface area contributed by atoms with Crippen molar-refractivity contribution in [3.63, 3.8) is 0 Å². The van der Waals surface area contributed by atoms with E-state index < -0.39 is 6.36 Å². The fourth-order valence-electron chi connectivity index (χ4n) is 1.33. The lowest BCUT2D eigenvalue weighted by molar-refractivity contribution is -0.274. The number of nitrogens with one attached hydrogen (secondary N) is 1. The third-order valence-electron chi connectivity index (χ3n) is 2.03. The molecule has 0 fully saturated rings. The van der Waals surface area contributed by atoms with Gasteiger partial charge in [-0.05, 0) is 30.3 Å². The molecule has 100 valence electrons. The maximum absolute atomic E-state index is 12.0. The first kappa shape index (κ1) is 12.9. The van der Waals surface area contributed by atoms with Crippen LogP contribution in [-0.4, -0.2) is 16.3 Å². The Balaban J connectivity index is 2.07. The lowest BCUT2D eigenvalue weighted by Crippen LogP contribution is -2.16. The van der Waals surface area contributed by atoms with E-state index in [1.54, 1.807) is 6.07 Å². The molecule has 0 amide bonds. The van der Waals surface area contributed by atoms with Gasteiger partial charge >= 0.3 is 6.36 Å². The Bertz CT molecular complexity index is 557. The van der Waals surface area contributed by atoms with Crippen LogP contribution in [0.2, 0.25) is 0 Å². The van der Waals surface area contributed by atoms with Crippen LogP contribution in [0.3, 0.4) is 0 Å². The molecule has 1 aromatic carbocycles. The van der Waals surface area contributed by atoms with Gasteiger partial charge in [-0.2, -0.15) is 4.98 Å². The number of halogens is 3. The van der Waals surface area contributed by atoms with Crippen LogP contribution in [0, 0.1) is 0 Å². The third kappa shape index (κ3) is 4.02. The molecular formula is C11H9F3N4O. The molecule has 1 aromatic heterocycles. The Morgan fingerprint density at radius 1 is 1.11 bits per heavy atom. The van der Waals surface area contributed by atoms with Gasteiger partial charge in [0.25, 0.3) is 0 Å². The topological polar surface area (TPSA) is 73.1 Å². The number of benzene rings is 1. The summed E-state index contributed by atoms with van der Waals surface area (Å²) in [5.41, 5.74) is 5.95. The predicted molar refractivity (Wildman–Crippen MR) is 62.9 cm³/mol. The maximum atomic E-state index is 12.0. The van der Waals surface area contributed by atoms with E-state index in [1.807, 2.05) is 0 Å².